The summed E-state index contributed by atoms with van der Waals surface area (Å²) in [4.78, 5) is 18.6. The Hall–Kier alpha value is -1.24. The molecule has 0 saturated heterocycles. The Kier molecular flexibility index (Phi) is 6.56. The van der Waals surface area contributed by atoms with Crippen molar-refractivity contribution in [2.45, 2.75) is 26.0 Å². The van der Waals surface area contributed by atoms with Crippen molar-refractivity contribution in [3.05, 3.63) is 27.9 Å². The van der Waals surface area contributed by atoms with Gasteiger partial charge in [-0.25, -0.2) is 4.98 Å². The number of ether oxygens (including phenoxy) is 2. The molecule has 102 valence electrons. The molecule has 0 saturated carbocycles. The largest absolute Gasteiger partial charge is 0.383 e. The van der Waals surface area contributed by atoms with Crippen molar-refractivity contribution in [3.8, 4) is 0 Å². The third-order valence-electron chi connectivity index (χ3n) is 2.52. The van der Waals surface area contributed by atoms with Gasteiger partial charge in [0.25, 0.3) is 5.56 Å². The predicted molar refractivity (Wildman–Crippen MR) is 68.6 cm³/mol. The van der Waals surface area contributed by atoms with Crippen molar-refractivity contribution >= 4 is 0 Å². The van der Waals surface area contributed by atoms with Gasteiger partial charge < -0.3 is 19.8 Å². The SMILES string of the molecule is COCCNCc1cc(=O)[nH]c(CC(C)OC)n1. The lowest BCUT2D eigenvalue weighted by Gasteiger charge is -2.09. The smallest absolute Gasteiger partial charge is 0.251 e. The topological polar surface area (TPSA) is 76.2 Å². The summed E-state index contributed by atoms with van der Waals surface area (Å²) in [6.07, 6.45) is 0.627. The molecule has 1 aromatic rings. The number of aromatic amines is 1. The minimum atomic E-state index is -0.133. The van der Waals surface area contributed by atoms with E-state index in [2.05, 4.69) is 15.3 Å². The summed E-state index contributed by atoms with van der Waals surface area (Å²) >= 11 is 0. The van der Waals surface area contributed by atoms with E-state index < -0.39 is 0 Å². The fourth-order valence-electron chi connectivity index (χ4n) is 1.50. The molecule has 0 radical (unpaired) electrons. The number of nitrogens with zero attached hydrogens (tertiary/aromatic N) is 1. The van der Waals surface area contributed by atoms with Gasteiger partial charge >= 0.3 is 0 Å². The fraction of sp³-hybridized carbons (Fsp3) is 0.667. The van der Waals surface area contributed by atoms with Gasteiger partial charge in [0.1, 0.15) is 5.82 Å². The van der Waals surface area contributed by atoms with Crippen LogP contribution in [0.25, 0.3) is 0 Å². The Morgan fingerprint density at radius 2 is 2.28 bits per heavy atom. The number of rotatable bonds is 8. The highest BCUT2D eigenvalue weighted by Crippen LogP contribution is 1.99. The first-order chi connectivity index (χ1) is 8.65. The van der Waals surface area contributed by atoms with E-state index in [1.807, 2.05) is 6.92 Å². The number of aromatic nitrogens is 2. The first-order valence-electron chi connectivity index (χ1n) is 5.97. The first kappa shape index (κ1) is 14.8. The predicted octanol–water partition coefficient (Wildman–Crippen LogP) is 0.0833. The van der Waals surface area contributed by atoms with Crippen LogP contribution >= 0.6 is 0 Å². The molecule has 18 heavy (non-hydrogen) atoms. The maximum Gasteiger partial charge on any atom is 0.251 e. The average Bonchev–Trinajstić information content (AvgIpc) is 2.34. The molecule has 0 aliphatic carbocycles. The first-order valence-corrected chi connectivity index (χ1v) is 5.97. The summed E-state index contributed by atoms with van der Waals surface area (Å²) in [6, 6.07) is 1.50. The second-order valence-electron chi connectivity index (χ2n) is 4.10. The zero-order chi connectivity index (χ0) is 13.4. The molecule has 0 aliphatic heterocycles. The number of methoxy groups -OCH3 is 2. The summed E-state index contributed by atoms with van der Waals surface area (Å²) in [7, 11) is 3.29. The fourth-order valence-corrected chi connectivity index (χ4v) is 1.50. The van der Waals surface area contributed by atoms with Gasteiger partial charge in [-0.3, -0.25) is 4.79 Å². The van der Waals surface area contributed by atoms with Gasteiger partial charge in [-0.1, -0.05) is 0 Å². The molecule has 2 N–H and O–H groups in total. The average molecular weight is 255 g/mol. The Bertz CT molecular complexity index is 406. The molecular weight excluding hydrogens is 234 g/mol. The highest BCUT2D eigenvalue weighted by molar-refractivity contribution is 5.03. The van der Waals surface area contributed by atoms with Gasteiger partial charge in [0, 0.05) is 39.8 Å². The highest BCUT2D eigenvalue weighted by Gasteiger charge is 2.06. The van der Waals surface area contributed by atoms with Gasteiger partial charge in [0.15, 0.2) is 0 Å². The molecule has 1 unspecified atom stereocenters. The normalized spacial score (nSPS) is 12.6. The second-order valence-corrected chi connectivity index (χ2v) is 4.10. The van der Waals surface area contributed by atoms with Gasteiger partial charge in [0.2, 0.25) is 0 Å². The van der Waals surface area contributed by atoms with E-state index >= 15 is 0 Å². The maximum absolute atomic E-state index is 11.5. The molecule has 0 amide bonds. The lowest BCUT2D eigenvalue weighted by Crippen LogP contribution is -2.23. The molecule has 6 heteroatoms. The third-order valence-corrected chi connectivity index (χ3v) is 2.52. The quantitative estimate of drug-likeness (QED) is 0.644. The molecule has 0 bridgehead atoms. The van der Waals surface area contributed by atoms with Crippen molar-refractivity contribution < 1.29 is 9.47 Å². The van der Waals surface area contributed by atoms with Crippen LogP contribution in [0.1, 0.15) is 18.4 Å². The van der Waals surface area contributed by atoms with E-state index in [-0.39, 0.29) is 11.7 Å². The minimum Gasteiger partial charge on any atom is -0.383 e. The summed E-state index contributed by atoms with van der Waals surface area (Å²) in [6.45, 7) is 3.86. The zero-order valence-corrected chi connectivity index (χ0v) is 11.2. The van der Waals surface area contributed by atoms with Crippen LogP contribution in [0.3, 0.4) is 0 Å². The molecule has 0 spiro atoms. The van der Waals surface area contributed by atoms with Crippen molar-refractivity contribution in [2.24, 2.45) is 0 Å². The van der Waals surface area contributed by atoms with Crippen molar-refractivity contribution in [3.63, 3.8) is 0 Å². The van der Waals surface area contributed by atoms with Crippen molar-refractivity contribution in [1.82, 2.24) is 15.3 Å². The van der Waals surface area contributed by atoms with Crippen LogP contribution in [-0.2, 0) is 22.4 Å². The lowest BCUT2D eigenvalue weighted by molar-refractivity contribution is 0.117. The summed E-state index contributed by atoms with van der Waals surface area (Å²) < 4.78 is 10.1. The van der Waals surface area contributed by atoms with Crippen LogP contribution in [0.15, 0.2) is 10.9 Å². The number of H-pyrrole nitrogens is 1. The van der Waals surface area contributed by atoms with Crippen LogP contribution in [0.2, 0.25) is 0 Å². The third kappa shape index (κ3) is 5.39. The van der Waals surface area contributed by atoms with E-state index in [9.17, 15) is 4.79 Å². The molecule has 6 nitrogen and oxygen atoms in total. The van der Waals surface area contributed by atoms with Crippen LogP contribution < -0.4 is 10.9 Å². The Morgan fingerprint density at radius 1 is 1.50 bits per heavy atom. The van der Waals surface area contributed by atoms with E-state index in [0.29, 0.717) is 25.4 Å². The number of hydrogen-bond donors (Lipinski definition) is 2. The minimum absolute atomic E-state index is 0.0323. The van der Waals surface area contributed by atoms with E-state index in [1.54, 1.807) is 14.2 Å². The highest BCUT2D eigenvalue weighted by atomic mass is 16.5. The molecule has 0 aliphatic rings. The summed E-state index contributed by atoms with van der Waals surface area (Å²) in [5.41, 5.74) is 0.597. The van der Waals surface area contributed by atoms with Crippen LogP contribution in [-0.4, -0.2) is 43.4 Å². The van der Waals surface area contributed by atoms with Gasteiger partial charge in [-0.15, -0.1) is 0 Å². The summed E-state index contributed by atoms with van der Waals surface area (Å²) in [5, 5.41) is 3.15. The van der Waals surface area contributed by atoms with E-state index in [1.165, 1.54) is 6.07 Å². The Morgan fingerprint density at radius 3 is 2.94 bits per heavy atom. The van der Waals surface area contributed by atoms with Crippen LogP contribution in [0, 0.1) is 0 Å². The Balaban J connectivity index is 2.60. The van der Waals surface area contributed by atoms with Crippen LogP contribution in [0.4, 0.5) is 0 Å². The zero-order valence-electron chi connectivity index (χ0n) is 11.2. The van der Waals surface area contributed by atoms with Crippen molar-refractivity contribution in [2.75, 3.05) is 27.4 Å². The molecule has 0 fully saturated rings. The molecule has 1 heterocycles. The van der Waals surface area contributed by atoms with Gasteiger partial charge in [0.05, 0.1) is 18.4 Å². The van der Waals surface area contributed by atoms with Crippen molar-refractivity contribution in [1.29, 1.82) is 0 Å². The lowest BCUT2D eigenvalue weighted by atomic mass is 10.2. The Labute approximate surface area is 107 Å². The monoisotopic (exact) mass is 255 g/mol. The second kappa shape index (κ2) is 7.97. The number of nitrogens with one attached hydrogen (secondary N) is 2. The number of hydrogen-bond acceptors (Lipinski definition) is 5. The van der Waals surface area contributed by atoms with E-state index in [4.69, 9.17) is 9.47 Å². The molecule has 1 atom stereocenters. The molecular formula is C12H21N3O3. The van der Waals surface area contributed by atoms with Crippen LogP contribution in [0.5, 0.6) is 0 Å². The maximum atomic E-state index is 11.5. The van der Waals surface area contributed by atoms with Gasteiger partial charge in [-0.05, 0) is 6.92 Å². The van der Waals surface area contributed by atoms with E-state index in [0.717, 1.165) is 12.2 Å². The standard InChI is InChI=1S/C12H21N3O3/c1-9(18-3)6-11-14-10(7-12(16)15-11)8-13-4-5-17-2/h7,9,13H,4-6,8H2,1-3H3,(H,14,15,16). The molecule has 1 rings (SSSR count). The summed E-state index contributed by atoms with van der Waals surface area (Å²) in [5.74, 6) is 0.653. The molecule has 1 aromatic heterocycles. The van der Waals surface area contributed by atoms with Gasteiger partial charge in [-0.2, -0.15) is 0 Å². The molecule has 0 aromatic carbocycles.